The highest BCUT2D eigenvalue weighted by molar-refractivity contribution is 6.35. The van der Waals surface area contributed by atoms with Crippen LogP contribution < -0.4 is 0 Å². The van der Waals surface area contributed by atoms with Gasteiger partial charge in [0.05, 0.1) is 25.8 Å². The maximum Gasteiger partial charge on any atom is 0.123 e. The summed E-state index contributed by atoms with van der Waals surface area (Å²) in [5.74, 6) is 0. The lowest BCUT2D eigenvalue weighted by molar-refractivity contribution is 0.0281. The molecule has 2 aromatic heterocycles. The molecule has 0 fully saturated rings. The molecule has 5 aromatic carbocycles. The van der Waals surface area contributed by atoms with Crippen LogP contribution in [-0.2, 0) is 23.4 Å². The van der Waals surface area contributed by atoms with Crippen LogP contribution in [0.5, 0.6) is 0 Å². The van der Waals surface area contributed by atoms with Gasteiger partial charge in [-0.1, -0.05) is 149 Å². The fourth-order valence-corrected chi connectivity index (χ4v) is 7.17. The molecule has 7 aromatic rings. The molecule has 0 saturated carbocycles. The van der Waals surface area contributed by atoms with Gasteiger partial charge >= 0.3 is 0 Å². The van der Waals surface area contributed by atoms with Gasteiger partial charge in [-0.05, 0) is 47.0 Å². The molecule has 0 saturated heterocycles. The highest BCUT2D eigenvalue weighted by Gasteiger charge is 2.39. The van der Waals surface area contributed by atoms with Crippen molar-refractivity contribution in [1.82, 2.24) is 19.1 Å². The van der Waals surface area contributed by atoms with E-state index in [1.807, 2.05) is 65.8 Å². The minimum atomic E-state index is -0.586. The normalized spacial score (nSPS) is 11.9. The van der Waals surface area contributed by atoms with Crippen molar-refractivity contribution in [2.75, 3.05) is 0 Å². The average molecular weight is 761 g/mol. The minimum Gasteiger partial charge on any atom is -0.367 e. The van der Waals surface area contributed by atoms with Gasteiger partial charge in [0.25, 0.3) is 0 Å². The van der Waals surface area contributed by atoms with E-state index in [2.05, 4.69) is 69.1 Å². The van der Waals surface area contributed by atoms with E-state index in [9.17, 15) is 0 Å². The second kappa shape index (κ2) is 16.8. The highest BCUT2D eigenvalue weighted by Crippen LogP contribution is 2.43. The molecule has 7 rings (SSSR count). The first-order valence-corrected chi connectivity index (χ1v) is 17.6. The van der Waals surface area contributed by atoms with Gasteiger partial charge in [-0.15, -0.1) is 0 Å². The van der Waals surface area contributed by atoms with Gasteiger partial charge in [0.15, 0.2) is 0 Å². The van der Waals surface area contributed by atoms with Gasteiger partial charge in [-0.3, -0.25) is 0 Å². The van der Waals surface area contributed by atoms with Crippen molar-refractivity contribution in [3.63, 3.8) is 0 Å². The predicted molar refractivity (Wildman–Crippen MR) is 205 cm³/mol. The maximum atomic E-state index is 6.69. The van der Waals surface area contributed by atoms with Crippen LogP contribution in [0, 0.1) is 0 Å². The third-order valence-electron chi connectivity index (χ3n) is 8.24. The molecule has 0 spiro atoms. The van der Waals surface area contributed by atoms with Crippen LogP contribution in [0.4, 0.5) is 0 Å². The highest BCUT2D eigenvalue weighted by atomic mass is 35.5. The Balaban J connectivity index is 0.000000173. The Kier molecular flexibility index (Phi) is 12.0. The molecule has 0 aliphatic rings. The van der Waals surface area contributed by atoms with Gasteiger partial charge in [0.2, 0.25) is 0 Å². The molecule has 0 radical (unpaired) electrons. The summed E-state index contributed by atoms with van der Waals surface area (Å²) in [6.07, 6.45) is 10.7. The number of aromatic nitrogens is 4. The smallest absolute Gasteiger partial charge is 0.123 e. The Hall–Kier alpha value is -4.07. The number of halogens is 5. The first-order valence-electron chi connectivity index (χ1n) is 15.7. The number of hydrogen-bond acceptors (Lipinski definition) is 3. The summed E-state index contributed by atoms with van der Waals surface area (Å²) in [5.41, 5.74) is 4.40. The van der Waals surface area contributed by atoms with Crippen molar-refractivity contribution in [2.45, 2.75) is 24.8 Å². The number of imidazole rings is 2. The van der Waals surface area contributed by atoms with Gasteiger partial charge in [0, 0.05) is 61.0 Å². The Morgan fingerprint density at radius 2 is 1.20 bits per heavy atom. The first-order chi connectivity index (χ1) is 24.4. The first kappa shape index (κ1) is 35.7. The summed E-state index contributed by atoms with van der Waals surface area (Å²) in [6.45, 7) is 0.890. The number of hydrogen-bond donors (Lipinski definition) is 0. The molecule has 0 bridgehead atoms. The summed E-state index contributed by atoms with van der Waals surface area (Å²) >= 11 is 31.2. The fourth-order valence-electron chi connectivity index (χ4n) is 5.90. The maximum absolute atomic E-state index is 6.69. The molecule has 5 nitrogen and oxygen atoms in total. The Morgan fingerprint density at radius 3 is 1.78 bits per heavy atom. The zero-order valence-corrected chi connectivity index (χ0v) is 30.4. The Labute approximate surface area is 316 Å². The van der Waals surface area contributed by atoms with E-state index >= 15 is 0 Å². The lowest BCUT2D eigenvalue weighted by Crippen LogP contribution is -2.37. The lowest BCUT2D eigenvalue weighted by Gasteiger charge is -2.37. The summed E-state index contributed by atoms with van der Waals surface area (Å²) in [6, 6.07) is 39.5. The van der Waals surface area contributed by atoms with Crippen molar-refractivity contribution in [1.29, 1.82) is 0 Å². The van der Waals surface area contributed by atoms with Crippen LogP contribution >= 0.6 is 58.0 Å². The molecule has 0 aliphatic carbocycles. The van der Waals surface area contributed by atoms with E-state index in [0.717, 1.165) is 32.8 Å². The second-order valence-corrected chi connectivity index (χ2v) is 13.4. The van der Waals surface area contributed by atoms with Crippen LogP contribution in [0.2, 0.25) is 25.1 Å². The third kappa shape index (κ3) is 8.11. The quantitative estimate of drug-likeness (QED) is 0.130. The van der Waals surface area contributed by atoms with Gasteiger partial charge in [0.1, 0.15) is 11.6 Å². The lowest BCUT2D eigenvalue weighted by atomic mass is 9.76. The van der Waals surface area contributed by atoms with E-state index in [1.54, 1.807) is 43.0 Å². The second-order valence-electron chi connectivity index (χ2n) is 11.4. The van der Waals surface area contributed by atoms with Gasteiger partial charge in [-0.25, -0.2) is 9.97 Å². The van der Waals surface area contributed by atoms with Crippen molar-refractivity contribution < 1.29 is 4.74 Å². The number of ether oxygens (including phenoxy) is 1. The van der Waals surface area contributed by atoms with E-state index in [0.29, 0.717) is 33.2 Å². The zero-order chi connectivity index (χ0) is 34.9. The van der Waals surface area contributed by atoms with Crippen molar-refractivity contribution in [2.24, 2.45) is 0 Å². The number of nitrogens with zero attached hydrogens (tertiary/aromatic N) is 4. The molecule has 0 amide bonds. The monoisotopic (exact) mass is 758 g/mol. The van der Waals surface area contributed by atoms with E-state index < -0.39 is 5.54 Å². The van der Waals surface area contributed by atoms with Crippen molar-refractivity contribution >= 4 is 58.0 Å². The van der Waals surface area contributed by atoms with E-state index in [-0.39, 0.29) is 6.10 Å². The Bertz CT molecular complexity index is 2070. The SMILES string of the molecule is Clc1ccc(COC(Cn2ccnc2)c2ccc(Cl)cc2Cl)c(Cl)c1.Clc1ccccc1C(c1ccccc1)(c1ccccc1)n1ccnc1. The van der Waals surface area contributed by atoms with Gasteiger partial charge < -0.3 is 13.9 Å². The zero-order valence-electron chi connectivity index (χ0n) is 26.6. The summed E-state index contributed by atoms with van der Waals surface area (Å²) in [4.78, 5) is 8.38. The standard InChI is InChI=1S/C22H17ClN2.C18H14Cl4N2O/c23-21-14-8-7-13-20(21)22(25-16-15-24-17-25,18-9-3-1-4-10-18)19-11-5-2-6-12-19;19-13-2-1-12(16(21)7-13)10-25-18(9-24-6-5-23-11-24)15-4-3-14(20)8-17(15)22/h1-17H;1-8,11,18H,9-10H2. The van der Waals surface area contributed by atoms with Crippen molar-refractivity contribution in [3.05, 3.63) is 212 Å². The van der Waals surface area contributed by atoms with Gasteiger partial charge in [-0.2, -0.15) is 0 Å². The molecule has 252 valence electrons. The molecule has 1 atom stereocenters. The van der Waals surface area contributed by atoms with Crippen LogP contribution in [0.3, 0.4) is 0 Å². The molecule has 10 heteroatoms. The number of rotatable bonds is 10. The molecule has 0 N–H and O–H groups in total. The molecular weight excluding hydrogens is 730 g/mol. The van der Waals surface area contributed by atoms with E-state index in [1.165, 1.54) is 0 Å². The van der Waals surface area contributed by atoms with Crippen LogP contribution in [0.15, 0.2) is 159 Å². The molecular formula is C40H31Cl5N4O. The van der Waals surface area contributed by atoms with Crippen LogP contribution in [0.25, 0.3) is 0 Å². The number of benzene rings is 5. The summed E-state index contributed by atoms with van der Waals surface area (Å²) in [5, 5.41) is 3.01. The largest absolute Gasteiger partial charge is 0.367 e. The van der Waals surface area contributed by atoms with E-state index in [4.69, 9.17) is 62.7 Å². The average Bonchev–Trinajstić information content (AvgIpc) is 3.86. The van der Waals surface area contributed by atoms with Crippen LogP contribution in [-0.4, -0.2) is 19.1 Å². The fraction of sp³-hybridized carbons (Fsp3) is 0.100. The molecule has 2 heterocycles. The third-order valence-corrected chi connectivity index (χ3v) is 9.72. The molecule has 0 aliphatic heterocycles. The summed E-state index contributed by atoms with van der Waals surface area (Å²) in [7, 11) is 0. The predicted octanol–water partition coefficient (Wildman–Crippen LogP) is 11.8. The summed E-state index contributed by atoms with van der Waals surface area (Å²) < 4.78 is 10.2. The van der Waals surface area contributed by atoms with Crippen LogP contribution in [0.1, 0.15) is 33.9 Å². The van der Waals surface area contributed by atoms with Crippen molar-refractivity contribution in [3.8, 4) is 0 Å². The topological polar surface area (TPSA) is 44.9 Å². The Morgan fingerprint density at radius 1 is 0.600 bits per heavy atom. The molecule has 50 heavy (non-hydrogen) atoms. The molecule has 1 unspecified atom stereocenters. The minimum absolute atomic E-state index is 0.286.